The molecule has 0 amide bonds. The lowest BCUT2D eigenvalue weighted by atomic mass is 10.3. The monoisotopic (exact) mass is 227 g/mol. The molecule has 0 saturated carbocycles. The summed E-state index contributed by atoms with van der Waals surface area (Å²) in [5, 5.41) is 2.62. The van der Waals surface area contributed by atoms with E-state index >= 15 is 0 Å². The van der Waals surface area contributed by atoms with Crippen molar-refractivity contribution in [1.29, 1.82) is 0 Å². The van der Waals surface area contributed by atoms with E-state index in [9.17, 15) is 9.36 Å². The lowest BCUT2D eigenvalue weighted by Gasteiger charge is -2.17. The Hall–Kier alpha value is -1.12. The summed E-state index contributed by atoms with van der Waals surface area (Å²) in [6.07, 6.45) is 0.685. The van der Waals surface area contributed by atoms with Crippen LogP contribution < -0.4 is 9.61 Å². The van der Waals surface area contributed by atoms with Gasteiger partial charge < -0.3 is 9.32 Å². The van der Waals surface area contributed by atoms with Crippen molar-refractivity contribution in [2.45, 2.75) is 13.0 Å². The Morgan fingerprint density at radius 2 is 2.00 bits per heavy atom. The van der Waals surface area contributed by atoms with E-state index in [0.717, 1.165) is 0 Å². The molecule has 0 fully saturated rings. The second-order valence-electron chi connectivity index (χ2n) is 3.30. The summed E-state index contributed by atoms with van der Waals surface area (Å²) in [6, 6.07) is 8.36. The molecular weight excluding hydrogens is 213 g/mol. The third kappa shape index (κ3) is 4.28. The Morgan fingerprint density at radius 3 is 2.53 bits per heavy atom. The molecule has 15 heavy (non-hydrogen) atoms. The van der Waals surface area contributed by atoms with Gasteiger partial charge in [0, 0.05) is 6.66 Å². The van der Waals surface area contributed by atoms with Gasteiger partial charge >= 0.3 is 7.52 Å². The average Bonchev–Trinajstić information content (AvgIpc) is 2.17. The zero-order valence-corrected chi connectivity index (χ0v) is 9.61. The SMILES string of the molecule is C[C@@H](C=O)NP(C)(=O)Oc1ccccc1. The number of aldehydes is 1. The first-order valence-electron chi connectivity index (χ1n) is 4.59. The van der Waals surface area contributed by atoms with Gasteiger partial charge in [-0.25, -0.2) is 5.09 Å². The summed E-state index contributed by atoms with van der Waals surface area (Å²) in [5.74, 6) is 0.522. The van der Waals surface area contributed by atoms with Crippen LogP contribution in [0.1, 0.15) is 6.92 Å². The lowest BCUT2D eigenvalue weighted by molar-refractivity contribution is -0.108. The van der Waals surface area contributed by atoms with Crippen molar-refractivity contribution in [2.24, 2.45) is 0 Å². The third-order valence-corrected chi connectivity index (χ3v) is 3.10. The molecule has 0 heterocycles. The van der Waals surface area contributed by atoms with E-state index in [4.69, 9.17) is 4.52 Å². The minimum Gasteiger partial charge on any atom is -0.433 e. The van der Waals surface area contributed by atoms with Crippen molar-refractivity contribution >= 4 is 13.8 Å². The summed E-state index contributed by atoms with van der Waals surface area (Å²) in [4.78, 5) is 10.4. The van der Waals surface area contributed by atoms with Crippen LogP contribution in [-0.4, -0.2) is 19.0 Å². The number of carbonyl (C=O) groups is 1. The fourth-order valence-electron chi connectivity index (χ4n) is 1.11. The van der Waals surface area contributed by atoms with E-state index in [1.807, 2.05) is 6.07 Å². The topological polar surface area (TPSA) is 55.4 Å². The number of hydrogen-bond donors (Lipinski definition) is 1. The molecule has 0 aliphatic heterocycles. The Bertz CT molecular complexity index is 366. The molecule has 1 aromatic carbocycles. The Morgan fingerprint density at radius 1 is 1.40 bits per heavy atom. The highest BCUT2D eigenvalue weighted by molar-refractivity contribution is 7.56. The van der Waals surface area contributed by atoms with Gasteiger partial charge in [0.1, 0.15) is 12.0 Å². The van der Waals surface area contributed by atoms with Gasteiger partial charge in [0.05, 0.1) is 6.04 Å². The summed E-state index contributed by atoms with van der Waals surface area (Å²) in [6.45, 7) is 3.07. The van der Waals surface area contributed by atoms with Gasteiger partial charge in [-0.1, -0.05) is 18.2 Å². The fourth-order valence-corrected chi connectivity index (χ4v) is 2.49. The number of benzene rings is 1. The first-order valence-corrected chi connectivity index (χ1v) is 6.66. The van der Waals surface area contributed by atoms with Crippen molar-refractivity contribution in [3.63, 3.8) is 0 Å². The number of nitrogens with one attached hydrogen (secondary N) is 1. The minimum absolute atomic E-state index is 0.482. The minimum atomic E-state index is -2.97. The smallest absolute Gasteiger partial charge is 0.314 e. The van der Waals surface area contributed by atoms with Crippen molar-refractivity contribution in [2.75, 3.05) is 6.66 Å². The molecule has 0 spiro atoms. The van der Waals surface area contributed by atoms with E-state index < -0.39 is 13.6 Å². The van der Waals surface area contributed by atoms with Crippen molar-refractivity contribution in [1.82, 2.24) is 5.09 Å². The predicted octanol–water partition coefficient (Wildman–Crippen LogP) is 2.07. The van der Waals surface area contributed by atoms with Gasteiger partial charge in [-0.15, -0.1) is 0 Å². The van der Waals surface area contributed by atoms with Crippen LogP contribution in [0.25, 0.3) is 0 Å². The molecule has 0 aromatic heterocycles. The standard InChI is InChI=1S/C10H14NO3P/c1-9(8-12)11-15(2,13)14-10-6-4-3-5-7-10/h3-9H,1-2H3,(H,11,13)/t9-,15?/m0/s1. The van der Waals surface area contributed by atoms with Gasteiger partial charge in [0.2, 0.25) is 0 Å². The lowest BCUT2D eigenvalue weighted by Crippen LogP contribution is -2.25. The second-order valence-corrected chi connectivity index (χ2v) is 5.44. The van der Waals surface area contributed by atoms with E-state index in [1.54, 1.807) is 31.2 Å². The quantitative estimate of drug-likeness (QED) is 0.618. The number of carbonyl (C=O) groups excluding carboxylic acids is 1. The highest BCUT2D eigenvalue weighted by Gasteiger charge is 2.19. The number of para-hydroxylation sites is 1. The van der Waals surface area contributed by atoms with E-state index in [0.29, 0.717) is 12.0 Å². The Kier molecular flexibility index (Phi) is 4.06. The molecule has 1 aromatic rings. The zero-order chi connectivity index (χ0) is 11.3. The zero-order valence-electron chi connectivity index (χ0n) is 8.71. The van der Waals surface area contributed by atoms with E-state index in [-0.39, 0.29) is 0 Å². The molecule has 4 nitrogen and oxygen atoms in total. The van der Waals surface area contributed by atoms with Gasteiger partial charge in [0.25, 0.3) is 0 Å². The summed E-state index contributed by atoms with van der Waals surface area (Å²) < 4.78 is 17.1. The van der Waals surface area contributed by atoms with E-state index in [1.165, 1.54) is 6.66 Å². The highest BCUT2D eigenvalue weighted by atomic mass is 31.2. The molecule has 82 valence electrons. The van der Waals surface area contributed by atoms with Crippen LogP contribution in [0.2, 0.25) is 0 Å². The fraction of sp³-hybridized carbons (Fsp3) is 0.300. The maximum atomic E-state index is 11.9. The van der Waals surface area contributed by atoms with Crippen molar-refractivity contribution < 1.29 is 13.9 Å². The molecule has 1 rings (SSSR count). The van der Waals surface area contributed by atoms with Crippen LogP contribution in [0.3, 0.4) is 0 Å². The van der Waals surface area contributed by atoms with Crippen LogP contribution in [-0.2, 0) is 9.36 Å². The highest BCUT2D eigenvalue weighted by Crippen LogP contribution is 2.38. The molecule has 0 bridgehead atoms. The van der Waals surface area contributed by atoms with Crippen LogP contribution in [0, 0.1) is 0 Å². The van der Waals surface area contributed by atoms with Crippen molar-refractivity contribution in [3.8, 4) is 5.75 Å². The van der Waals surface area contributed by atoms with Gasteiger partial charge in [-0.05, 0) is 19.1 Å². The second kappa shape index (κ2) is 5.10. The summed E-state index contributed by atoms with van der Waals surface area (Å²) in [5.41, 5.74) is 0. The summed E-state index contributed by atoms with van der Waals surface area (Å²) >= 11 is 0. The van der Waals surface area contributed by atoms with Crippen LogP contribution >= 0.6 is 7.52 Å². The Balaban J connectivity index is 2.64. The molecule has 2 atom stereocenters. The van der Waals surface area contributed by atoms with Gasteiger partial charge in [-0.3, -0.25) is 4.57 Å². The first-order chi connectivity index (χ1) is 7.03. The molecule has 5 heteroatoms. The van der Waals surface area contributed by atoms with Gasteiger partial charge in [-0.2, -0.15) is 0 Å². The average molecular weight is 227 g/mol. The van der Waals surface area contributed by atoms with Crippen LogP contribution in [0.5, 0.6) is 5.75 Å². The number of hydrogen-bond acceptors (Lipinski definition) is 3. The largest absolute Gasteiger partial charge is 0.433 e. The summed E-state index contributed by atoms with van der Waals surface area (Å²) in [7, 11) is -2.97. The van der Waals surface area contributed by atoms with Gasteiger partial charge in [0.15, 0.2) is 0 Å². The van der Waals surface area contributed by atoms with Crippen LogP contribution in [0.15, 0.2) is 30.3 Å². The van der Waals surface area contributed by atoms with Crippen LogP contribution in [0.4, 0.5) is 0 Å². The third-order valence-electron chi connectivity index (χ3n) is 1.67. The molecule has 1 N–H and O–H groups in total. The predicted molar refractivity (Wildman–Crippen MR) is 59.3 cm³/mol. The van der Waals surface area contributed by atoms with E-state index in [2.05, 4.69) is 5.09 Å². The first kappa shape index (κ1) is 12.0. The molecular formula is C10H14NO3P. The maximum Gasteiger partial charge on any atom is 0.314 e. The Labute approximate surface area is 89.1 Å². The molecule has 0 aliphatic rings. The van der Waals surface area contributed by atoms with Crippen molar-refractivity contribution in [3.05, 3.63) is 30.3 Å². The normalized spacial score (nSPS) is 16.4. The molecule has 1 unspecified atom stereocenters. The molecule has 0 saturated heterocycles. The maximum absolute atomic E-state index is 11.9. The number of rotatable bonds is 5. The molecule has 0 radical (unpaired) electrons. The molecule has 0 aliphatic carbocycles.